The molecule has 0 radical (unpaired) electrons. The predicted octanol–water partition coefficient (Wildman–Crippen LogP) is 4.31. The number of carbonyl (C=O) groups is 2. The topological polar surface area (TPSA) is 67.9 Å². The van der Waals surface area contributed by atoms with Crippen LogP contribution in [0.25, 0.3) is 0 Å². The first-order valence-electron chi connectivity index (χ1n) is 10.6. The Morgan fingerprint density at radius 3 is 2.45 bits per heavy atom. The van der Waals surface area contributed by atoms with Gasteiger partial charge in [0.1, 0.15) is 17.5 Å². The summed E-state index contributed by atoms with van der Waals surface area (Å²) in [6, 6.07) is 14.4. The van der Waals surface area contributed by atoms with Crippen molar-refractivity contribution in [3.8, 4) is 11.5 Å². The number of amides is 2. The van der Waals surface area contributed by atoms with Gasteiger partial charge >= 0.3 is 0 Å². The Morgan fingerprint density at radius 2 is 1.81 bits per heavy atom. The molecular formula is C24H29BrN2O4. The van der Waals surface area contributed by atoms with E-state index in [-0.39, 0.29) is 24.5 Å². The third kappa shape index (κ3) is 6.72. The third-order valence-corrected chi connectivity index (χ3v) is 6.03. The fourth-order valence-electron chi connectivity index (χ4n) is 3.71. The van der Waals surface area contributed by atoms with Gasteiger partial charge in [-0.15, -0.1) is 0 Å². The van der Waals surface area contributed by atoms with Gasteiger partial charge < -0.3 is 19.7 Å². The molecule has 0 heterocycles. The van der Waals surface area contributed by atoms with Crippen LogP contribution in [0.2, 0.25) is 0 Å². The molecule has 3 rings (SSSR count). The molecule has 6 nitrogen and oxygen atoms in total. The lowest BCUT2D eigenvalue weighted by Gasteiger charge is -2.29. The van der Waals surface area contributed by atoms with Crippen LogP contribution < -0.4 is 14.8 Å². The first kappa shape index (κ1) is 23.1. The van der Waals surface area contributed by atoms with Crippen LogP contribution in [0.1, 0.15) is 38.2 Å². The van der Waals surface area contributed by atoms with E-state index in [1.807, 2.05) is 24.3 Å². The van der Waals surface area contributed by atoms with E-state index in [1.54, 1.807) is 43.2 Å². The summed E-state index contributed by atoms with van der Waals surface area (Å²) in [6.45, 7) is 1.94. The van der Waals surface area contributed by atoms with Crippen LogP contribution in [-0.2, 0) is 16.1 Å². The van der Waals surface area contributed by atoms with Gasteiger partial charge in [-0.05, 0) is 61.7 Å². The van der Waals surface area contributed by atoms with Crippen LogP contribution in [0, 0.1) is 0 Å². The van der Waals surface area contributed by atoms with Crippen molar-refractivity contribution in [1.82, 2.24) is 10.2 Å². The van der Waals surface area contributed by atoms with Gasteiger partial charge in [0, 0.05) is 17.1 Å². The normalized spacial score (nSPS) is 14.7. The Morgan fingerprint density at radius 1 is 1.13 bits per heavy atom. The molecule has 2 aromatic carbocycles. The second-order valence-corrected chi connectivity index (χ2v) is 8.70. The summed E-state index contributed by atoms with van der Waals surface area (Å²) in [5, 5.41) is 3.10. The highest BCUT2D eigenvalue weighted by Gasteiger charge is 2.28. The van der Waals surface area contributed by atoms with Crippen molar-refractivity contribution >= 4 is 27.7 Å². The van der Waals surface area contributed by atoms with Gasteiger partial charge in [-0.25, -0.2) is 0 Å². The maximum atomic E-state index is 13.1. The van der Waals surface area contributed by atoms with Crippen LogP contribution >= 0.6 is 15.9 Å². The second kappa shape index (κ2) is 11.2. The quantitative estimate of drug-likeness (QED) is 0.570. The van der Waals surface area contributed by atoms with Crippen molar-refractivity contribution in [3.63, 3.8) is 0 Å². The molecule has 0 unspecified atom stereocenters. The average molecular weight is 489 g/mol. The van der Waals surface area contributed by atoms with Crippen LogP contribution in [0.15, 0.2) is 53.0 Å². The second-order valence-electron chi connectivity index (χ2n) is 7.78. The number of hydrogen-bond acceptors (Lipinski definition) is 4. The fourth-order valence-corrected chi connectivity index (χ4v) is 4.15. The zero-order valence-electron chi connectivity index (χ0n) is 18.0. The van der Waals surface area contributed by atoms with Crippen molar-refractivity contribution in [2.45, 2.75) is 51.2 Å². The maximum Gasteiger partial charge on any atom is 0.261 e. The van der Waals surface area contributed by atoms with Gasteiger partial charge in [-0.2, -0.15) is 0 Å². The third-order valence-electron chi connectivity index (χ3n) is 5.53. The minimum absolute atomic E-state index is 0.125. The number of halogens is 1. The minimum Gasteiger partial charge on any atom is -0.497 e. The number of ether oxygens (including phenoxy) is 2. The van der Waals surface area contributed by atoms with Crippen LogP contribution in [-0.4, -0.2) is 42.5 Å². The van der Waals surface area contributed by atoms with Gasteiger partial charge in [0.2, 0.25) is 5.91 Å². The highest BCUT2D eigenvalue weighted by molar-refractivity contribution is 9.10. The largest absolute Gasteiger partial charge is 0.497 e. The Balaban J connectivity index is 1.69. The van der Waals surface area contributed by atoms with E-state index >= 15 is 0 Å². The minimum atomic E-state index is -0.605. The van der Waals surface area contributed by atoms with E-state index < -0.39 is 6.04 Å². The Hall–Kier alpha value is -2.54. The van der Waals surface area contributed by atoms with Crippen LogP contribution in [0.4, 0.5) is 0 Å². The molecule has 0 bridgehead atoms. The maximum absolute atomic E-state index is 13.1. The number of nitrogens with zero attached hydrogens (tertiary/aromatic N) is 1. The first-order chi connectivity index (χ1) is 15.0. The van der Waals surface area contributed by atoms with E-state index in [2.05, 4.69) is 21.2 Å². The molecule has 7 heteroatoms. The molecule has 1 N–H and O–H groups in total. The molecule has 1 aliphatic rings. The van der Waals surface area contributed by atoms with Crippen LogP contribution in [0.5, 0.6) is 11.5 Å². The fraction of sp³-hybridized carbons (Fsp3) is 0.417. The summed E-state index contributed by atoms with van der Waals surface area (Å²) in [5.41, 5.74) is 0.938. The lowest BCUT2D eigenvalue weighted by atomic mass is 10.1. The number of methoxy groups -OCH3 is 1. The molecule has 0 aromatic heterocycles. The van der Waals surface area contributed by atoms with E-state index in [4.69, 9.17) is 9.47 Å². The van der Waals surface area contributed by atoms with Crippen molar-refractivity contribution in [1.29, 1.82) is 0 Å². The van der Waals surface area contributed by atoms with Crippen molar-refractivity contribution in [2.75, 3.05) is 13.7 Å². The van der Waals surface area contributed by atoms with Crippen molar-refractivity contribution in [3.05, 3.63) is 58.6 Å². The molecule has 1 aliphatic carbocycles. The molecule has 0 saturated heterocycles. The number of carbonyl (C=O) groups excluding carboxylic acids is 2. The van der Waals surface area contributed by atoms with Crippen LogP contribution in [0.3, 0.4) is 0 Å². The zero-order chi connectivity index (χ0) is 22.2. The van der Waals surface area contributed by atoms with Gasteiger partial charge in [0.25, 0.3) is 5.91 Å². The first-order valence-corrected chi connectivity index (χ1v) is 11.4. The summed E-state index contributed by atoms with van der Waals surface area (Å²) in [7, 11) is 1.59. The molecule has 1 atom stereocenters. The summed E-state index contributed by atoms with van der Waals surface area (Å²) >= 11 is 3.47. The molecule has 0 aliphatic heterocycles. The molecular weight excluding hydrogens is 460 g/mol. The van der Waals surface area contributed by atoms with Gasteiger partial charge in [0.15, 0.2) is 6.61 Å². The zero-order valence-corrected chi connectivity index (χ0v) is 19.6. The van der Waals surface area contributed by atoms with Gasteiger partial charge in [0.05, 0.1) is 7.11 Å². The molecule has 1 saturated carbocycles. The Kier molecular flexibility index (Phi) is 8.35. The number of benzene rings is 2. The lowest BCUT2D eigenvalue weighted by Crippen LogP contribution is -2.50. The standard InChI is InChI=1S/C24H29BrN2O4/c1-17(24(29)26-20-8-3-4-9-20)27(15-18-6-5-7-19(25)14-18)23(28)16-31-22-12-10-21(30-2)11-13-22/h5-7,10-14,17,20H,3-4,8-9,15-16H2,1-2H3,(H,26,29)/t17-/m1/s1. The number of rotatable bonds is 9. The van der Waals surface area contributed by atoms with Crippen molar-refractivity contribution in [2.24, 2.45) is 0 Å². The smallest absolute Gasteiger partial charge is 0.261 e. The molecule has 166 valence electrons. The molecule has 1 fully saturated rings. The molecule has 0 spiro atoms. The summed E-state index contributed by atoms with van der Waals surface area (Å²) in [4.78, 5) is 27.6. The van der Waals surface area contributed by atoms with Gasteiger partial charge in [-0.1, -0.05) is 40.9 Å². The van der Waals surface area contributed by atoms with E-state index in [0.29, 0.717) is 18.0 Å². The van der Waals surface area contributed by atoms with Gasteiger partial charge in [-0.3, -0.25) is 9.59 Å². The van der Waals surface area contributed by atoms with Crippen molar-refractivity contribution < 1.29 is 19.1 Å². The predicted molar refractivity (Wildman–Crippen MR) is 123 cm³/mol. The monoisotopic (exact) mass is 488 g/mol. The lowest BCUT2D eigenvalue weighted by molar-refractivity contribution is -0.142. The van der Waals surface area contributed by atoms with E-state index in [9.17, 15) is 9.59 Å². The Labute approximate surface area is 192 Å². The highest BCUT2D eigenvalue weighted by Crippen LogP contribution is 2.20. The number of hydrogen-bond donors (Lipinski definition) is 1. The average Bonchev–Trinajstić information content (AvgIpc) is 3.28. The SMILES string of the molecule is COc1ccc(OCC(=O)N(Cc2cccc(Br)c2)[C@H](C)C(=O)NC2CCCC2)cc1. The highest BCUT2D eigenvalue weighted by atomic mass is 79.9. The summed E-state index contributed by atoms with van der Waals surface area (Å²) < 4.78 is 11.8. The number of nitrogens with one attached hydrogen (secondary N) is 1. The molecule has 2 aromatic rings. The van der Waals surface area contributed by atoms with E-state index in [0.717, 1.165) is 35.7 Å². The molecule has 2 amide bonds. The van der Waals surface area contributed by atoms with E-state index in [1.165, 1.54) is 0 Å². The summed E-state index contributed by atoms with van der Waals surface area (Å²) in [5.74, 6) is 0.913. The summed E-state index contributed by atoms with van der Waals surface area (Å²) in [6.07, 6.45) is 4.27. The molecule has 31 heavy (non-hydrogen) atoms. The Bertz CT molecular complexity index is 881.